The molecule has 0 saturated carbocycles. The number of rotatable bonds is 4. The molecule has 0 radical (unpaired) electrons. The van der Waals surface area contributed by atoms with Gasteiger partial charge in [0.15, 0.2) is 5.84 Å². The maximum atomic E-state index is 9.53. The largest absolute Gasteiger partial charge is 0.508 e. The van der Waals surface area contributed by atoms with Crippen molar-refractivity contribution in [3.63, 3.8) is 0 Å². The summed E-state index contributed by atoms with van der Waals surface area (Å²) in [7, 11) is 1.85. The molecule has 0 aliphatic heterocycles. The molecule has 0 bridgehead atoms. The number of oxime groups is 1. The third-order valence-electron chi connectivity index (χ3n) is 3.97. The first kappa shape index (κ1) is 16.4. The molecule has 1 heterocycles. The molecule has 23 heavy (non-hydrogen) atoms. The van der Waals surface area contributed by atoms with Crippen LogP contribution in [0.15, 0.2) is 42.1 Å². The lowest BCUT2D eigenvalue weighted by molar-refractivity contribution is 0.318. The summed E-state index contributed by atoms with van der Waals surface area (Å²) in [5.74, 6) is 0.239. The molecule has 0 unspecified atom stereocenters. The lowest BCUT2D eigenvalue weighted by Crippen LogP contribution is -2.19. The first-order valence-electron chi connectivity index (χ1n) is 7.21. The highest BCUT2D eigenvalue weighted by atomic mass is 16.4. The van der Waals surface area contributed by atoms with E-state index in [0.717, 1.165) is 28.0 Å². The van der Waals surface area contributed by atoms with Crippen LogP contribution in [0.1, 0.15) is 30.8 Å². The fourth-order valence-corrected chi connectivity index (χ4v) is 2.74. The number of benzene rings is 1. The van der Waals surface area contributed by atoms with Crippen LogP contribution in [0.4, 0.5) is 0 Å². The van der Waals surface area contributed by atoms with E-state index >= 15 is 0 Å². The molecule has 5 nitrogen and oxygen atoms in total. The fourth-order valence-electron chi connectivity index (χ4n) is 2.74. The number of amidine groups is 1. The van der Waals surface area contributed by atoms with Gasteiger partial charge in [0, 0.05) is 23.9 Å². The van der Waals surface area contributed by atoms with Gasteiger partial charge in [0.25, 0.3) is 0 Å². The number of hydrogen-bond acceptors (Lipinski definition) is 3. The number of aromatic hydroxyl groups is 1. The average Bonchev–Trinajstić information content (AvgIpc) is 2.86. The molecule has 0 saturated heterocycles. The van der Waals surface area contributed by atoms with Crippen molar-refractivity contribution >= 4 is 17.5 Å². The second-order valence-corrected chi connectivity index (χ2v) is 5.25. The Bertz CT molecular complexity index is 797. The highest BCUT2D eigenvalue weighted by Crippen LogP contribution is 2.38. The Kier molecular flexibility index (Phi) is 4.60. The quantitative estimate of drug-likeness (QED) is 0.349. The summed E-state index contributed by atoms with van der Waals surface area (Å²) < 4.78 is 1.85. The predicted molar refractivity (Wildman–Crippen MR) is 94.4 cm³/mol. The zero-order valence-corrected chi connectivity index (χ0v) is 13.5. The van der Waals surface area contributed by atoms with E-state index in [1.54, 1.807) is 18.2 Å². The lowest BCUT2D eigenvalue weighted by atomic mass is 9.95. The molecule has 0 amide bonds. The van der Waals surface area contributed by atoms with E-state index in [1.807, 2.05) is 43.7 Å². The topological polar surface area (TPSA) is 83.8 Å². The van der Waals surface area contributed by atoms with Crippen LogP contribution < -0.4 is 5.73 Å². The van der Waals surface area contributed by atoms with E-state index in [4.69, 9.17) is 10.9 Å². The number of nitrogens with zero attached hydrogens (tertiary/aromatic N) is 2. The molecule has 120 valence electrons. The first-order valence-corrected chi connectivity index (χ1v) is 7.21. The van der Waals surface area contributed by atoms with E-state index in [2.05, 4.69) is 11.7 Å². The Morgan fingerprint density at radius 3 is 2.39 bits per heavy atom. The summed E-state index contributed by atoms with van der Waals surface area (Å²) in [5.41, 5.74) is 11.1. The third-order valence-corrected chi connectivity index (χ3v) is 3.97. The Morgan fingerprint density at radius 2 is 1.91 bits per heavy atom. The SMILES string of the molecule is C=Cc1c(-c2ccc(O)cc2)c(C(C)=CC)c(C(N)=NO)n1C. The van der Waals surface area contributed by atoms with Gasteiger partial charge in [-0.1, -0.05) is 29.9 Å². The van der Waals surface area contributed by atoms with Crippen LogP contribution in [-0.4, -0.2) is 20.7 Å². The summed E-state index contributed by atoms with van der Waals surface area (Å²) in [6.45, 7) is 7.80. The maximum absolute atomic E-state index is 9.53. The van der Waals surface area contributed by atoms with Gasteiger partial charge in [-0.2, -0.15) is 0 Å². The minimum Gasteiger partial charge on any atom is -0.508 e. The zero-order chi connectivity index (χ0) is 17.1. The number of phenolic OH excluding ortho intramolecular Hbond substituents is 1. The molecule has 2 aromatic rings. The van der Waals surface area contributed by atoms with Gasteiger partial charge in [-0.25, -0.2) is 0 Å². The number of hydrogen-bond donors (Lipinski definition) is 3. The van der Waals surface area contributed by atoms with Gasteiger partial charge in [0.2, 0.25) is 0 Å². The Morgan fingerprint density at radius 1 is 1.30 bits per heavy atom. The molecular formula is C18H21N3O2. The predicted octanol–water partition coefficient (Wildman–Crippen LogP) is 3.56. The van der Waals surface area contributed by atoms with Gasteiger partial charge >= 0.3 is 0 Å². The van der Waals surface area contributed by atoms with Crippen molar-refractivity contribution in [2.45, 2.75) is 13.8 Å². The number of aromatic nitrogens is 1. The summed E-state index contributed by atoms with van der Waals surface area (Å²) in [5, 5.41) is 21.8. The lowest BCUT2D eigenvalue weighted by Gasteiger charge is -2.09. The summed E-state index contributed by atoms with van der Waals surface area (Å²) in [4.78, 5) is 0. The van der Waals surface area contributed by atoms with Crippen molar-refractivity contribution in [3.05, 3.63) is 53.9 Å². The summed E-state index contributed by atoms with van der Waals surface area (Å²) in [6, 6.07) is 6.93. The van der Waals surface area contributed by atoms with Crippen LogP contribution in [0.3, 0.4) is 0 Å². The monoisotopic (exact) mass is 311 g/mol. The van der Waals surface area contributed by atoms with Gasteiger partial charge in [-0.15, -0.1) is 0 Å². The van der Waals surface area contributed by atoms with Crippen molar-refractivity contribution in [1.82, 2.24) is 4.57 Å². The van der Waals surface area contributed by atoms with E-state index in [0.29, 0.717) is 5.69 Å². The second kappa shape index (κ2) is 6.44. The molecule has 0 atom stereocenters. The second-order valence-electron chi connectivity index (χ2n) is 5.25. The molecule has 2 rings (SSSR count). The minimum absolute atomic E-state index is 0.0387. The number of phenols is 1. The average molecular weight is 311 g/mol. The Hall–Kier alpha value is -2.95. The van der Waals surface area contributed by atoms with Crippen LogP contribution in [0.2, 0.25) is 0 Å². The molecular weight excluding hydrogens is 290 g/mol. The van der Waals surface area contributed by atoms with Crippen molar-refractivity contribution < 1.29 is 10.3 Å². The van der Waals surface area contributed by atoms with Gasteiger partial charge in [0.1, 0.15) is 5.75 Å². The Labute approximate surface area is 135 Å². The van der Waals surface area contributed by atoms with Crippen molar-refractivity contribution in [3.8, 4) is 16.9 Å². The molecule has 0 fully saturated rings. The summed E-state index contributed by atoms with van der Waals surface area (Å²) >= 11 is 0. The van der Waals surface area contributed by atoms with Gasteiger partial charge in [0.05, 0.1) is 5.69 Å². The normalized spacial score (nSPS) is 12.5. The molecule has 0 spiro atoms. The van der Waals surface area contributed by atoms with Crippen LogP contribution in [0.25, 0.3) is 22.8 Å². The standard InChI is InChI=1S/C18H21N3O2/c1-5-11(3)15-16(12-7-9-13(22)10-8-12)14(6-2)21(4)17(15)18(19)20-23/h5-10,22-23H,2H2,1,3-4H3,(H2,19,20). The van der Waals surface area contributed by atoms with E-state index < -0.39 is 0 Å². The van der Waals surface area contributed by atoms with E-state index in [1.165, 1.54) is 0 Å². The highest BCUT2D eigenvalue weighted by molar-refractivity contribution is 6.05. The van der Waals surface area contributed by atoms with Crippen LogP contribution in [0, 0.1) is 0 Å². The molecule has 4 N–H and O–H groups in total. The number of allylic oxidation sites excluding steroid dienone is 2. The van der Waals surface area contributed by atoms with Gasteiger partial charge in [-0.3, -0.25) is 0 Å². The minimum atomic E-state index is 0.0387. The van der Waals surface area contributed by atoms with Gasteiger partial charge < -0.3 is 20.6 Å². The smallest absolute Gasteiger partial charge is 0.187 e. The Balaban J connectivity index is 2.94. The van der Waals surface area contributed by atoms with E-state index in [9.17, 15) is 5.11 Å². The van der Waals surface area contributed by atoms with Crippen LogP contribution in [-0.2, 0) is 7.05 Å². The molecule has 1 aromatic heterocycles. The zero-order valence-electron chi connectivity index (χ0n) is 13.5. The molecule has 1 aromatic carbocycles. The molecule has 5 heteroatoms. The molecule has 0 aliphatic carbocycles. The van der Waals surface area contributed by atoms with Crippen molar-refractivity contribution in [2.24, 2.45) is 17.9 Å². The maximum Gasteiger partial charge on any atom is 0.187 e. The fraction of sp³-hybridized carbons (Fsp3) is 0.167. The van der Waals surface area contributed by atoms with E-state index in [-0.39, 0.29) is 11.6 Å². The highest BCUT2D eigenvalue weighted by Gasteiger charge is 2.23. The van der Waals surface area contributed by atoms with Crippen LogP contribution >= 0.6 is 0 Å². The molecule has 0 aliphatic rings. The first-order chi connectivity index (χ1) is 11.0. The summed E-state index contributed by atoms with van der Waals surface area (Å²) in [6.07, 6.45) is 3.71. The van der Waals surface area contributed by atoms with Crippen LogP contribution in [0.5, 0.6) is 5.75 Å². The van der Waals surface area contributed by atoms with Gasteiger partial charge in [-0.05, 0) is 43.2 Å². The van der Waals surface area contributed by atoms with Crippen molar-refractivity contribution in [1.29, 1.82) is 0 Å². The third kappa shape index (κ3) is 2.73. The number of nitrogens with two attached hydrogens (primary N) is 1. The van der Waals surface area contributed by atoms with Crippen molar-refractivity contribution in [2.75, 3.05) is 0 Å².